The molecule has 0 atom stereocenters. The average molecular weight is 424 g/mol. The van der Waals surface area contributed by atoms with Gasteiger partial charge in [0.25, 0.3) is 5.91 Å². The van der Waals surface area contributed by atoms with Crippen LogP contribution in [0.25, 0.3) is 21.9 Å². The van der Waals surface area contributed by atoms with Crippen LogP contribution in [0.15, 0.2) is 46.9 Å². The number of carbonyl (C=O) groups excluding carboxylic acids is 3. The number of carbonyl (C=O) groups is 3. The molecule has 0 spiro atoms. The highest BCUT2D eigenvalue weighted by molar-refractivity contribution is 6.05. The van der Waals surface area contributed by atoms with Gasteiger partial charge in [-0.3, -0.25) is 10.1 Å². The largest absolute Gasteiger partial charge is 0.482 e. The summed E-state index contributed by atoms with van der Waals surface area (Å²) >= 11 is 0. The number of rotatable bonds is 6. The number of esters is 1. The van der Waals surface area contributed by atoms with Crippen LogP contribution in [0.2, 0.25) is 0 Å². The molecule has 0 saturated heterocycles. The topological polar surface area (TPSA) is 107 Å². The van der Waals surface area contributed by atoms with E-state index in [4.69, 9.17) is 9.15 Å². The number of imide groups is 1. The van der Waals surface area contributed by atoms with E-state index in [9.17, 15) is 27.6 Å². The second kappa shape index (κ2) is 8.72. The van der Waals surface area contributed by atoms with E-state index in [1.54, 1.807) is 23.5 Å². The normalized spacial score (nSPS) is 11.3. The van der Waals surface area contributed by atoms with Crippen LogP contribution in [0.3, 0.4) is 0 Å². The van der Waals surface area contributed by atoms with Crippen LogP contribution < -0.4 is 15.4 Å². The smallest absolute Gasteiger partial charge is 0.405 e. The third-order valence-electron chi connectivity index (χ3n) is 3.77. The molecule has 3 amide bonds. The molecular weight excluding hydrogens is 409 g/mol. The first-order chi connectivity index (χ1) is 14.2. The van der Waals surface area contributed by atoms with E-state index in [0.29, 0.717) is 16.9 Å². The fourth-order valence-electron chi connectivity index (χ4n) is 2.51. The van der Waals surface area contributed by atoms with Crippen LogP contribution in [-0.4, -0.2) is 43.8 Å². The molecule has 30 heavy (non-hydrogen) atoms. The van der Waals surface area contributed by atoms with Crippen molar-refractivity contribution in [3.8, 4) is 5.75 Å². The van der Waals surface area contributed by atoms with Gasteiger partial charge in [-0.1, -0.05) is 18.2 Å². The maximum absolute atomic E-state index is 12.0. The molecule has 0 unspecified atom stereocenters. The molecule has 0 radical (unpaired) electrons. The summed E-state index contributed by atoms with van der Waals surface area (Å²) in [6.45, 7) is -2.97. The van der Waals surface area contributed by atoms with Gasteiger partial charge in [0.05, 0.1) is 0 Å². The van der Waals surface area contributed by atoms with Gasteiger partial charge < -0.3 is 19.2 Å². The van der Waals surface area contributed by atoms with Crippen LogP contribution in [0.4, 0.5) is 18.0 Å². The number of benzene rings is 2. The van der Waals surface area contributed by atoms with Crippen molar-refractivity contribution in [2.45, 2.75) is 6.18 Å². The van der Waals surface area contributed by atoms with Crippen molar-refractivity contribution < 1.29 is 41.4 Å². The predicted molar refractivity (Wildman–Crippen MR) is 97.8 cm³/mol. The minimum Gasteiger partial charge on any atom is -0.482 e. The van der Waals surface area contributed by atoms with E-state index in [1.165, 1.54) is 5.32 Å². The van der Waals surface area contributed by atoms with Gasteiger partial charge >= 0.3 is 18.2 Å². The number of urea groups is 1. The zero-order chi connectivity index (χ0) is 21.7. The summed E-state index contributed by atoms with van der Waals surface area (Å²) in [5.41, 5.74) is 1.35. The lowest BCUT2D eigenvalue weighted by atomic mass is 10.1. The summed E-state index contributed by atoms with van der Waals surface area (Å²) in [7, 11) is 0. The van der Waals surface area contributed by atoms with Crippen molar-refractivity contribution in [2.75, 3.05) is 19.8 Å². The predicted octanol–water partition coefficient (Wildman–Crippen LogP) is 2.90. The number of hydrogen-bond acceptors (Lipinski definition) is 6. The average Bonchev–Trinajstić information content (AvgIpc) is 3.06. The Kier molecular flexibility index (Phi) is 6.09. The fourth-order valence-corrected chi connectivity index (χ4v) is 2.51. The Balaban J connectivity index is 1.46. The number of ether oxygens (including phenoxy) is 2. The van der Waals surface area contributed by atoms with E-state index >= 15 is 0 Å². The van der Waals surface area contributed by atoms with Gasteiger partial charge in [-0.15, -0.1) is 0 Å². The summed E-state index contributed by atoms with van der Waals surface area (Å²) in [6, 6.07) is 11.0. The molecular formula is C19H15F3N2O6. The number of hydrogen-bond donors (Lipinski definition) is 2. The third-order valence-corrected chi connectivity index (χ3v) is 3.77. The first-order valence-corrected chi connectivity index (χ1v) is 8.55. The van der Waals surface area contributed by atoms with E-state index in [-0.39, 0.29) is 0 Å². The maximum Gasteiger partial charge on any atom is 0.405 e. The lowest BCUT2D eigenvalue weighted by Gasteiger charge is -2.09. The standard InChI is InChI=1S/C19H15F3N2O6/c20-19(21,22)10-23-18(27)24-16(25)8-29-17(26)9-28-11-5-6-15-13(7-11)12-3-1-2-4-14(12)30-15/h1-7H,8-10H2,(H2,23,24,25,27). The number of alkyl halides is 3. The number of nitrogens with one attached hydrogen (secondary N) is 2. The van der Waals surface area contributed by atoms with Crippen molar-refractivity contribution in [1.82, 2.24) is 10.6 Å². The van der Waals surface area contributed by atoms with Crippen LogP contribution >= 0.6 is 0 Å². The molecule has 2 aromatic carbocycles. The first kappa shape index (κ1) is 21.0. The molecule has 1 heterocycles. The number of amides is 3. The van der Waals surface area contributed by atoms with Crippen LogP contribution in [0.5, 0.6) is 5.75 Å². The maximum atomic E-state index is 12.0. The highest BCUT2D eigenvalue weighted by Gasteiger charge is 2.28. The fraction of sp³-hybridized carbons (Fsp3) is 0.211. The Morgan fingerprint density at radius 3 is 2.47 bits per heavy atom. The van der Waals surface area contributed by atoms with Crippen LogP contribution in [0.1, 0.15) is 0 Å². The first-order valence-electron chi connectivity index (χ1n) is 8.55. The molecule has 3 rings (SSSR count). The lowest BCUT2D eigenvalue weighted by molar-refractivity contribution is -0.150. The van der Waals surface area contributed by atoms with Crippen molar-refractivity contribution in [2.24, 2.45) is 0 Å². The molecule has 0 fully saturated rings. The highest BCUT2D eigenvalue weighted by Crippen LogP contribution is 2.31. The van der Waals surface area contributed by atoms with Gasteiger partial charge in [-0.05, 0) is 24.3 Å². The molecule has 0 aliphatic heterocycles. The van der Waals surface area contributed by atoms with Crippen molar-refractivity contribution in [3.63, 3.8) is 0 Å². The van der Waals surface area contributed by atoms with E-state index in [0.717, 1.165) is 10.8 Å². The Labute approximate surface area is 166 Å². The van der Waals surface area contributed by atoms with Gasteiger partial charge in [0, 0.05) is 10.8 Å². The molecule has 0 aliphatic carbocycles. The van der Waals surface area contributed by atoms with Gasteiger partial charge in [-0.2, -0.15) is 13.2 Å². The van der Waals surface area contributed by atoms with Crippen molar-refractivity contribution >= 4 is 39.8 Å². The van der Waals surface area contributed by atoms with E-state index in [1.807, 2.05) is 24.3 Å². The number of halogens is 3. The second-order valence-corrected chi connectivity index (χ2v) is 6.05. The van der Waals surface area contributed by atoms with Crippen molar-refractivity contribution in [3.05, 3.63) is 42.5 Å². The molecule has 2 N–H and O–H groups in total. The molecule has 0 bridgehead atoms. The third kappa shape index (κ3) is 5.63. The molecule has 3 aromatic rings. The Hall–Kier alpha value is -3.76. The summed E-state index contributed by atoms with van der Waals surface area (Å²) in [6.07, 6.45) is -4.62. The summed E-state index contributed by atoms with van der Waals surface area (Å²) in [5, 5.41) is 4.71. The van der Waals surface area contributed by atoms with Gasteiger partial charge in [-0.25, -0.2) is 9.59 Å². The van der Waals surface area contributed by atoms with E-state index in [2.05, 4.69) is 4.74 Å². The zero-order valence-electron chi connectivity index (χ0n) is 15.2. The molecule has 8 nitrogen and oxygen atoms in total. The molecule has 158 valence electrons. The summed E-state index contributed by atoms with van der Waals surface area (Å²) < 4.78 is 51.5. The van der Waals surface area contributed by atoms with Gasteiger partial charge in [0.15, 0.2) is 13.2 Å². The summed E-state index contributed by atoms with van der Waals surface area (Å²) in [4.78, 5) is 34.2. The Bertz CT molecular complexity index is 1090. The number of para-hydroxylation sites is 1. The molecule has 1 aromatic heterocycles. The van der Waals surface area contributed by atoms with Gasteiger partial charge in [0.2, 0.25) is 0 Å². The second-order valence-electron chi connectivity index (χ2n) is 6.05. The van der Waals surface area contributed by atoms with Gasteiger partial charge in [0.1, 0.15) is 23.5 Å². The summed E-state index contributed by atoms with van der Waals surface area (Å²) in [5.74, 6) is -1.63. The quantitative estimate of drug-likeness (QED) is 0.590. The minimum atomic E-state index is -4.62. The monoisotopic (exact) mass is 424 g/mol. The Morgan fingerprint density at radius 2 is 1.70 bits per heavy atom. The zero-order valence-corrected chi connectivity index (χ0v) is 15.2. The van der Waals surface area contributed by atoms with Crippen molar-refractivity contribution in [1.29, 1.82) is 0 Å². The number of fused-ring (bicyclic) bond motifs is 3. The van der Waals surface area contributed by atoms with E-state index < -0.39 is 43.8 Å². The van der Waals surface area contributed by atoms with Crippen LogP contribution in [0, 0.1) is 0 Å². The minimum absolute atomic E-state index is 0.363. The number of furan rings is 1. The Morgan fingerprint density at radius 1 is 0.967 bits per heavy atom. The van der Waals surface area contributed by atoms with Crippen LogP contribution in [-0.2, 0) is 14.3 Å². The molecule has 0 saturated carbocycles. The lowest BCUT2D eigenvalue weighted by Crippen LogP contribution is -2.44. The SMILES string of the molecule is O=C(COC(=O)COc1ccc2oc3ccccc3c2c1)NC(=O)NCC(F)(F)F. The molecule has 11 heteroatoms. The highest BCUT2D eigenvalue weighted by atomic mass is 19.4. The molecule has 0 aliphatic rings.